The second-order valence-electron chi connectivity index (χ2n) is 3.84. The molecule has 0 N–H and O–H groups in total. The summed E-state index contributed by atoms with van der Waals surface area (Å²) in [5.74, 6) is 0. The topological polar surface area (TPSA) is 38.7 Å². The van der Waals surface area contributed by atoms with Gasteiger partial charge in [-0.25, -0.2) is 15.0 Å². The van der Waals surface area contributed by atoms with E-state index < -0.39 is 0 Å². The van der Waals surface area contributed by atoms with E-state index in [2.05, 4.69) is 21.0 Å². The quantitative estimate of drug-likeness (QED) is 0.666. The summed E-state index contributed by atoms with van der Waals surface area (Å²) >= 11 is 3.26. The van der Waals surface area contributed by atoms with Gasteiger partial charge in [0.15, 0.2) is 0 Å². The maximum absolute atomic E-state index is 4.63. The van der Waals surface area contributed by atoms with Gasteiger partial charge in [-0.15, -0.1) is 11.8 Å². The third-order valence-electron chi connectivity index (χ3n) is 2.60. The van der Waals surface area contributed by atoms with E-state index in [-0.39, 0.29) is 0 Å². The van der Waals surface area contributed by atoms with E-state index in [1.165, 1.54) is 0 Å². The first-order valence-electron chi connectivity index (χ1n) is 5.51. The summed E-state index contributed by atoms with van der Waals surface area (Å²) in [6.07, 6.45) is 3.89. The Morgan fingerprint density at radius 3 is 2.72 bits per heavy atom. The Morgan fingerprint density at radius 1 is 1.11 bits per heavy atom. The summed E-state index contributed by atoms with van der Waals surface area (Å²) in [6, 6.07) is 8.09. The molecule has 0 aliphatic heterocycles. The fraction of sp³-hybridized carbons (Fsp3) is 0.154. The van der Waals surface area contributed by atoms with E-state index in [0.29, 0.717) is 0 Å². The van der Waals surface area contributed by atoms with E-state index in [1.807, 2.05) is 37.6 Å². The van der Waals surface area contributed by atoms with Crippen LogP contribution in [0, 0.1) is 6.92 Å². The molecule has 0 saturated heterocycles. The third kappa shape index (κ3) is 2.11. The van der Waals surface area contributed by atoms with Gasteiger partial charge in [-0.05, 0) is 37.4 Å². The van der Waals surface area contributed by atoms with Crippen LogP contribution in [-0.2, 0) is 0 Å². The van der Waals surface area contributed by atoms with Crippen molar-refractivity contribution in [1.82, 2.24) is 15.0 Å². The van der Waals surface area contributed by atoms with Crippen LogP contribution in [0.1, 0.15) is 5.01 Å². The second kappa shape index (κ2) is 4.66. The number of nitrogens with zero attached hydrogens (tertiary/aromatic N) is 3. The van der Waals surface area contributed by atoms with Gasteiger partial charge in [0, 0.05) is 11.8 Å². The molecule has 0 amide bonds. The zero-order valence-corrected chi connectivity index (χ0v) is 11.7. The first kappa shape index (κ1) is 11.6. The van der Waals surface area contributed by atoms with Crippen LogP contribution >= 0.6 is 23.1 Å². The molecule has 0 fully saturated rings. The van der Waals surface area contributed by atoms with Crippen molar-refractivity contribution in [2.24, 2.45) is 0 Å². The van der Waals surface area contributed by atoms with Gasteiger partial charge in [0.2, 0.25) is 0 Å². The molecule has 5 heteroatoms. The third-order valence-corrected chi connectivity index (χ3v) is 4.14. The summed E-state index contributed by atoms with van der Waals surface area (Å²) in [5, 5.41) is 2.07. The normalized spacial score (nSPS) is 11.0. The van der Waals surface area contributed by atoms with Crippen LogP contribution in [0.4, 0.5) is 0 Å². The van der Waals surface area contributed by atoms with Crippen LogP contribution in [0.5, 0.6) is 0 Å². The molecule has 3 aromatic rings. The number of thiazole rings is 1. The van der Waals surface area contributed by atoms with Crippen LogP contribution in [0.3, 0.4) is 0 Å². The van der Waals surface area contributed by atoms with Crippen molar-refractivity contribution < 1.29 is 0 Å². The zero-order valence-electron chi connectivity index (χ0n) is 10.0. The molecule has 3 aromatic heterocycles. The molecule has 90 valence electrons. The van der Waals surface area contributed by atoms with Gasteiger partial charge in [0.25, 0.3) is 0 Å². The van der Waals surface area contributed by atoms with E-state index in [0.717, 1.165) is 31.6 Å². The summed E-state index contributed by atoms with van der Waals surface area (Å²) < 4.78 is 0. The van der Waals surface area contributed by atoms with Crippen molar-refractivity contribution >= 4 is 33.4 Å². The van der Waals surface area contributed by atoms with Gasteiger partial charge in [0.05, 0.1) is 15.7 Å². The molecule has 18 heavy (non-hydrogen) atoms. The molecule has 0 saturated carbocycles. The van der Waals surface area contributed by atoms with Crippen molar-refractivity contribution in [2.75, 3.05) is 6.26 Å². The van der Waals surface area contributed by atoms with Crippen molar-refractivity contribution in [3.8, 4) is 11.3 Å². The number of hydrogen-bond donors (Lipinski definition) is 0. The Kier molecular flexibility index (Phi) is 3.01. The molecule has 0 unspecified atom stereocenters. The molecule has 0 aromatic carbocycles. The Bertz CT molecular complexity index is 689. The van der Waals surface area contributed by atoms with Crippen LogP contribution in [0.15, 0.2) is 35.5 Å². The lowest BCUT2D eigenvalue weighted by molar-refractivity contribution is 1.14. The van der Waals surface area contributed by atoms with Gasteiger partial charge in [-0.2, -0.15) is 0 Å². The first-order valence-corrected chi connectivity index (χ1v) is 7.55. The number of thioether (sulfide) groups is 1. The maximum atomic E-state index is 4.63. The average Bonchev–Trinajstić information content (AvgIpc) is 2.78. The molecular formula is C13H11N3S2. The number of hydrogen-bond acceptors (Lipinski definition) is 5. The summed E-state index contributed by atoms with van der Waals surface area (Å²) in [5.41, 5.74) is 2.96. The highest BCUT2D eigenvalue weighted by Crippen LogP contribution is 2.24. The van der Waals surface area contributed by atoms with E-state index in [1.54, 1.807) is 23.1 Å². The molecule has 3 nitrogen and oxygen atoms in total. The summed E-state index contributed by atoms with van der Waals surface area (Å²) in [7, 11) is 0. The Morgan fingerprint density at radius 2 is 2.00 bits per heavy atom. The molecule has 0 bridgehead atoms. The van der Waals surface area contributed by atoms with Crippen molar-refractivity contribution in [3.63, 3.8) is 0 Å². The van der Waals surface area contributed by atoms with Crippen molar-refractivity contribution in [3.05, 3.63) is 35.5 Å². The number of rotatable bonds is 2. The number of aromatic nitrogens is 3. The number of fused-ring (bicyclic) bond motifs is 1. The second-order valence-corrected chi connectivity index (χ2v) is 5.85. The zero-order chi connectivity index (χ0) is 12.5. The largest absolute Gasteiger partial charge is 0.249 e. The lowest BCUT2D eigenvalue weighted by Crippen LogP contribution is -1.85. The summed E-state index contributed by atoms with van der Waals surface area (Å²) in [4.78, 5) is 14.4. The fourth-order valence-corrected chi connectivity index (χ4v) is 2.89. The SMILES string of the molecule is CSc1ccc(-c2ccc3nc(C)sc3n2)cn1. The lowest BCUT2D eigenvalue weighted by atomic mass is 10.2. The number of pyridine rings is 2. The highest BCUT2D eigenvalue weighted by atomic mass is 32.2. The standard InChI is InChI=1S/C13H11N3S2/c1-8-15-11-5-4-10(16-13(11)18-8)9-3-6-12(17-2)14-7-9/h3-7H,1-2H3. The maximum Gasteiger partial charge on any atom is 0.144 e. The van der Waals surface area contributed by atoms with Crippen molar-refractivity contribution in [1.29, 1.82) is 0 Å². The van der Waals surface area contributed by atoms with Crippen LogP contribution in [-0.4, -0.2) is 21.2 Å². The molecule has 0 aliphatic rings. The van der Waals surface area contributed by atoms with Gasteiger partial charge in [-0.1, -0.05) is 11.3 Å². The van der Waals surface area contributed by atoms with Crippen LogP contribution in [0.25, 0.3) is 21.6 Å². The molecule has 0 atom stereocenters. The van der Waals surface area contributed by atoms with Gasteiger partial charge < -0.3 is 0 Å². The molecule has 3 heterocycles. The van der Waals surface area contributed by atoms with Crippen LogP contribution in [0.2, 0.25) is 0 Å². The van der Waals surface area contributed by atoms with E-state index in [4.69, 9.17) is 0 Å². The monoisotopic (exact) mass is 273 g/mol. The minimum absolute atomic E-state index is 0.950. The van der Waals surface area contributed by atoms with Gasteiger partial charge >= 0.3 is 0 Å². The van der Waals surface area contributed by atoms with E-state index >= 15 is 0 Å². The predicted octanol–water partition coefficient (Wildman–Crippen LogP) is 3.78. The van der Waals surface area contributed by atoms with Gasteiger partial charge in [0.1, 0.15) is 10.3 Å². The Balaban J connectivity index is 2.06. The van der Waals surface area contributed by atoms with Gasteiger partial charge in [-0.3, -0.25) is 0 Å². The highest BCUT2D eigenvalue weighted by Gasteiger charge is 2.05. The van der Waals surface area contributed by atoms with Crippen molar-refractivity contribution in [2.45, 2.75) is 11.9 Å². The minimum Gasteiger partial charge on any atom is -0.249 e. The molecular weight excluding hydrogens is 262 g/mol. The first-order chi connectivity index (χ1) is 8.76. The molecule has 0 radical (unpaired) electrons. The smallest absolute Gasteiger partial charge is 0.144 e. The van der Waals surface area contributed by atoms with Crippen LogP contribution < -0.4 is 0 Å². The molecule has 0 spiro atoms. The molecule has 3 rings (SSSR count). The Hall–Kier alpha value is -1.46. The lowest BCUT2D eigenvalue weighted by Gasteiger charge is -2.01. The minimum atomic E-state index is 0.950. The fourth-order valence-electron chi connectivity index (χ4n) is 1.74. The Labute approximate surface area is 113 Å². The summed E-state index contributed by atoms with van der Waals surface area (Å²) in [6.45, 7) is 2.00. The highest BCUT2D eigenvalue weighted by molar-refractivity contribution is 7.98. The predicted molar refractivity (Wildman–Crippen MR) is 77.2 cm³/mol. The average molecular weight is 273 g/mol. The van der Waals surface area contributed by atoms with E-state index in [9.17, 15) is 0 Å². The number of aryl methyl sites for hydroxylation is 1. The molecule has 0 aliphatic carbocycles.